The molecule has 0 amide bonds. The molecule has 0 saturated carbocycles. The zero-order chi connectivity index (χ0) is 40.7. The number of thiophene rings is 1. The summed E-state index contributed by atoms with van der Waals surface area (Å²) in [5.41, 5.74) is 13.4. The van der Waals surface area contributed by atoms with Crippen molar-refractivity contribution >= 4 is 107 Å². The van der Waals surface area contributed by atoms with Gasteiger partial charge >= 0.3 is 0 Å². The zero-order valence-electron chi connectivity index (χ0n) is 33.5. The summed E-state index contributed by atoms with van der Waals surface area (Å²) in [6.07, 6.45) is 0. The predicted molar refractivity (Wildman–Crippen MR) is 269 cm³/mol. The summed E-state index contributed by atoms with van der Waals surface area (Å²) in [6.45, 7) is 0. The predicted octanol–water partition coefficient (Wildman–Crippen LogP) is 17.5. The Bertz CT molecular complexity index is 3860. The van der Waals surface area contributed by atoms with Crippen LogP contribution in [0.2, 0.25) is 0 Å². The van der Waals surface area contributed by atoms with Crippen LogP contribution in [0.3, 0.4) is 0 Å². The Hall–Kier alpha value is -7.50. The lowest BCUT2D eigenvalue weighted by Crippen LogP contribution is -2.10. The number of anilines is 3. The SMILES string of the molecule is c1ccc2c(-c3ccc(N(c4ccc(-c5cccc6c5sc5c(-c7cccc8ccccc78)c7ccccc7n56)cc4)c4cccc5c4sc4ccccc45)cc3)cccc2c1. The minimum Gasteiger partial charge on any atom is -0.309 e. The van der Waals surface area contributed by atoms with Gasteiger partial charge in [0.05, 0.1) is 26.1 Å². The van der Waals surface area contributed by atoms with Gasteiger partial charge in [-0.05, 0) is 92.3 Å². The third-order valence-electron chi connectivity index (χ3n) is 12.6. The normalized spacial score (nSPS) is 11.9. The van der Waals surface area contributed by atoms with E-state index in [1.807, 2.05) is 22.7 Å². The molecule has 0 bridgehead atoms. The number of aromatic nitrogens is 1. The summed E-state index contributed by atoms with van der Waals surface area (Å²) in [7, 11) is 0. The summed E-state index contributed by atoms with van der Waals surface area (Å²) in [6, 6.07) is 80.2. The van der Waals surface area contributed by atoms with Crippen molar-refractivity contribution in [2.45, 2.75) is 0 Å². The second-order valence-corrected chi connectivity index (χ2v) is 18.1. The average molecular weight is 825 g/mol. The topological polar surface area (TPSA) is 7.65 Å². The number of hydrogen-bond acceptors (Lipinski definition) is 3. The number of rotatable bonds is 6. The molecule has 2 nitrogen and oxygen atoms in total. The highest BCUT2D eigenvalue weighted by atomic mass is 32.1. The van der Waals surface area contributed by atoms with E-state index in [1.165, 1.54) is 107 Å². The largest absolute Gasteiger partial charge is 0.309 e. The molecule has 0 atom stereocenters. The van der Waals surface area contributed by atoms with Gasteiger partial charge in [0.2, 0.25) is 0 Å². The minimum absolute atomic E-state index is 1.12. The Kier molecular flexibility index (Phi) is 7.99. The van der Waals surface area contributed by atoms with Crippen molar-refractivity contribution in [2.24, 2.45) is 0 Å². The van der Waals surface area contributed by atoms with Crippen LogP contribution in [0.5, 0.6) is 0 Å². The monoisotopic (exact) mass is 824 g/mol. The quantitative estimate of drug-likeness (QED) is 0.162. The number of hydrogen-bond donors (Lipinski definition) is 0. The molecular formula is C58H36N2S2. The molecule has 3 aromatic heterocycles. The van der Waals surface area contributed by atoms with Crippen molar-refractivity contribution in [2.75, 3.05) is 4.90 Å². The summed E-state index contributed by atoms with van der Waals surface area (Å²) in [4.78, 5) is 3.71. The lowest BCUT2D eigenvalue weighted by Gasteiger charge is -2.26. The maximum atomic E-state index is 2.49. The second-order valence-electron chi connectivity index (χ2n) is 16.0. The minimum atomic E-state index is 1.12. The van der Waals surface area contributed by atoms with E-state index in [-0.39, 0.29) is 0 Å². The molecular weight excluding hydrogens is 789 g/mol. The van der Waals surface area contributed by atoms with Crippen molar-refractivity contribution < 1.29 is 0 Å². The third-order valence-corrected chi connectivity index (χ3v) is 15.0. The first-order chi connectivity index (χ1) is 30.8. The lowest BCUT2D eigenvalue weighted by atomic mass is 9.98. The summed E-state index contributed by atoms with van der Waals surface area (Å²) in [5.74, 6) is 0. The van der Waals surface area contributed by atoms with Crippen molar-refractivity contribution in [1.29, 1.82) is 0 Å². The smallest absolute Gasteiger partial charge is 0.109 e. The number of benzene rings is 10. The van der Waals surface area contributed by atoms with Crippen LogP contribution in [-0.2, 0) is 0 Å². The van der Waals surface area contributed by atoms with E-state index in [0.29, 0.717) is 0 Å². The van der Waals surface area contributed by atoms with Gasteiger partial charge in [-0.25, -0.2) is 0 Å². The fourth-order valence-electron chi connectivity index (χ4n) is 9.78. The van der Waals surface area contributed by atoms with E-state index >= 15 is 0 Å². The van der Waals surface area contributed by atoms with Gasteiger partial charge in [0.1, 0.15) is 4.83 Å². The van der Waals surface area contributed by atoms with Crippen molar-refractivity contribution in [3.8, 4) is 33.4 Å². The highest BCUT2D eigenvalue weighted by Crippen LogP contribution is 2.48. The summed E-state index contributed by atoms with van der Waals surface area (Å²) < 4.78 is 6.36. The van der Waals surface area contributed by atoms with E-state index in [9.17, 15) is 0 Å². The summed E-state index contributed by atoms with van der Waals surface area (Å²) >= 11 is 3.77. The molecule has 62 heavy (non-hydrogen) atoms. The van der Waals surface area contributed by atoms with Crippen molar-refractivity contribution in [3.63, 3.8) is 0 Å². The van der Waals surface area contributed by atoms with Crippen LogP contribution in [0.15, 0.2) is 218 Å². The van der Waals surface area contributed by atoms with Gasteiger partial charge in [0.25, 0.3) is 0 Å². The Morgan fingerprint density at radius 3 is 1.60 bits per heavy atom. The van der Waals surface area contributed by atoms with Gasteiger partial charge < -0.3 is 4.90 Å². The maximum absolute atomic E-state index is 2.49. The van der Waals surface area contributed by atoms with Gasteiger partial charge in [-0.3, -0.25) is 4.40 Å². The zero-order valence-corrected chi connectivity index (χ0v) is 35.1. The van der Waals surface area contributed by atoms with Gasteiger partial charge in [-0.2, -0.15) is 0 Å². The van der Waals surface area contributed by atoms with Crippen LogP contribution < -0.4 is 4.90 Å². The van der Waals surface area contributed by atoms with E-state index < -0.39 is 0 Å². The summed E-state index contributed by atoms with van der Waals surface area (Å²) in [5, 5.41) is 8.92. The first-order valence-electron chi connectivity index (χ1n) is 21.1. The molecule has 13 rings (SSSR count). The van der Waals surface area contributed by atoms with E-state index in [4.69, 9.17) is 0 Å². The maximum Gasteiger partial charge on any atom is 0.109 e. The molecule has 4 heteroatoms. The fourth-order valence-corrected chi connectivity index (χ4v) is 12.4. The molecule has 0 spiro atoms. The van der Waals surface area contributed by atoms with Gasteiger partial charge in [-0.1, -0.05) is 170 Å². The number of nitrogens with zero attached hydrogens (tertiary/aromatic N) is 2. The Labute approximate surface area is 366 Å². The van der Waals surface area contributed by atoms with Gasteiger partial charge in [0.15, 0.2) is 0 Å². The van der Waals surface area contributed by atoms with Crippen molar-refractivity contribution in [1.82, 2.24) is 4.40 Å². The highest BCUT2D eigenvalue weighted by molar-refractivity contribution is 7.26. The molecule has 0 aliphatic rings. The number of thiazole rings is 1. The van der Waals surface area contributed by atoms with Crippen LogP contribution in [0, 0.1) is 0 Å². The molecule has 0 fully saturated rings. The standard InChI is InChI=1S/C58H36N2S2/c1-3-17-43-37(13-1)15-9-21-44(43)39-29-33-41(34-30-39)59(52-26-12-24-49-47-19-6-8-28-54(47)61-57(49)52)42-35-31-40(32-36-42)46-22-11-27-53-56(46)62-58-55(50-20-5-7-25-51(50)60(53)58)48-23-10-16-38-14-2-4-18-45(38)48/h1-36H. The van der Waals surface area contributed by atoms with Crippen molar-refractivity contribution in [3.05, 3.63) is 218 Å². The first-order valence-corrected chi connectivity index (χ1v) is 22.7. The molecule has 0 saturated heterocycles. The van der Waals surface area contributed by atoms with E-state index in [0.717, 1.165) is 11.4 Å². The van der Waals surface area contributed by atoms with Crippen LogP contribution in [0.4, 0.5) is 17.1 Å². The average Bonchev–Trinajstić information content (AvgIpc) is 4.01. The Balaban J connectivity index is 0.963. The molecule has 0 unspecified atom stereocenters. The Morgan fingerprint density at radius 2 is 0.855 bits per heavy atom. The first kappa shape index (κ1) is 35.3. The number of para-hydroxylation sites is 1. The highest BCUT2D eigenvalue weighted by Gasteiger charge is 2.22. The second kappa shape index (κ2) is 14.0. The number of fused-ring (bicyclic) bond motifs is 10. The molecule has 13 aromatic rings. The molecule has 0 aliphatic carbocycles. The van der Waals surface area contributed by atoms with Crippen LogP contribution in [-0.4, -0.2) is 4.40 Å². The molecule has 10 aromatic carbocycles. The molecule has 0 radical (unpaired) electrons. The van der Waals surface area contributed by atoms with Crippen LogP contribution in [0.25, 0.3) is 101 Å². The third kappa shape index (κ3) is 5.41. The van der Waals surface area contributed by atoms with Crippen LogP contribution in [0.1, 0.15) is 0 Å². The molecule has 0 aliphatic heterocycles. The van der Waals surface area contributed by atoms with Crippen LogP contribution >= 0.6 is 22.7 Å². The van der Waals surface area contributed by atoms with E-state index in [2.05, 4.69) is 228 Å². The molecule has 3 heterocycles. The molecule has 0 N–H and O–H groups in total. The fraction of sp³-hybridized carbons (Fsp3) is 0. The lowest BCUT2D eigenvalue weighted by molar-refractivity contribution is 1.30. The van der Waals surface area contributed by atoms with Gasteiger partial charge in [-0.15, -0.1) is 22.7 Å². The molecule has 290 valence electrons. The van der Waals surface area contributed by atoms with E-state index in [1.54, 1.807) is 0 Å². The van der Waals surface area contributed by atoms with Gasteiger partial charge in [0, 0.05) is 43.4 Å². The Morgan fingerprint density at radius 1 is 0.339 bits per heavy atom.